The molecule has 0 aliphatic rings. The molecule has 4 aromatic rings. The Balaban J connectivity index is -0.000000963. The van der Waals surface area contributed by atoms with Gasteiger partial charge in [0.25, 0.3) is 0 Å². The van der Waals surface area contributed by atoms with Crippen molar-refractivity contribution in [1.82, 2.24) is 20.0 Å². The van der Waals surface area contributed by atoms with Gasteiger partial charge in [0, 0.05) is 120 Å². The third-order valence-corrected chi connectivity index (χ3v) is 29.8. The summed E-state index contributed by atoms with van der Waals surface area (Å²) in [5.41, 5.74) is 2.23. The van der Waals surface area contributed by atoms with E-state index in [2.05, 4.69) is 170 Å². The van der Waals surface area contributed by atoms with Crippen LogP contribution in [0.4, 0.5) is 0 Å². The van der Waals surface area contributed by atoms with E-state index in [4.69, 9.17) is 79.9 Å². The second kappa shape index (κ2) is 68.7. The van der Waals surface area contributed by atoms with Crippen LogP contribution in [-0.4, -0.2) is 243 Å². The minimum Gasteiger partial charge on any atom is -1.00 e. The molecule has 0 aliphatic carbocycles. The van der Waals surface area contributed by atoms with Crippen LogP contribution in [0.3, 0.4) is 0 Å². The Morgan fingerprint density at radius 1 is 0.444 bits per heavy atom. The summed E-state index contributed by atoms with van der Waals surface area (Å²) in [5, 5.41) is 4.18. The number of halogens is 2. The first-order valence-corrected chi connectivity index (χ1v) is 49.8. The summed E-state index contributed by atoms with van der Waals surface area (Å²) in [4.78, 5) is 45.0. The van der Waals surface area contributed by atoms with Gasteiger partial charge in [-0.2, -0.15) is 0 Å². The normalized spacial score (nSPS) is 12.9. The molecule has 0 heterocycles. The largest absolute Gasteiger partial charge is 1.00 e. The fourth-order valence-corrected chi connectivity index (χ4v) is 14.3. The van der Waals surface area contributed by atoms with Crippen LogP contribution in [0, 0.1) is 13.3 Å². The molecule has 0 spiro atoms. The van der Waals surface area contributed by atoms with Gasteiger partial charge in [-0.3, -0.25) is 29.1 Å². The molecule has 0 saturated carbocycles. The molecule has 0 aromatic heterocycles. The van der Waals surface area contributed by atoms with Gasteiger partial charge in [-0.25, -0.2) is 0 Å². The summed E-state index contributed by atoms with van der Waals surface area (Å²) >= 11 is 2.99. The van der Waals surface area contributed by atoms with Crippen molar-refractivity contribution < 1.29 is 188 Å². The first-order chi connectivity index (χ1) is 56.3. The van der Waals surface area contributed by atoms with E-state index in [1.54, 1.807) is 28.4 Å². The number of nitrogens with zero attached hydrogens (tertiary/aromatic N) is 3. The van der Waals surface area contributed by atoms with Crippen molar-refractivity contribution in [2.24, 2.45) is 5.92 Å². The number of hydrogen-bond donors (Lipinski definition) is 1. The van der Waals surface area contributed by atoms with Gasteiger partial charge in [0.2, 0.25) is 0 Å². The third-order valence-electron chi connectivity index (χ3n) is 20.3. The number of esters is 3. The van der Waals surface area contributed by atoms with Crippen LogP contribution in [0.25, 0.3) is 0 Å². The molecule has 0 aliphatic heterocycles. The number of aryl methyl sites for hydroxylation is 1. The minimum absolute atomic E-state index is 0. The van der Waals surface area contributed by atoms with E-state index in [9.17, 15) is 14.4 Å². The molecule has 4 aromatic carbocycles. The zero-order chi connectivity index (χ0) is 90.8. The zero-order valence-electron chi connectivity index (χ0n) is 82.6. The fraction of sp³-hybridized carbons (Fsp3) is 0.702. The van der Waals surface area contributed by atoms with Crippen molar-refractivity contribution in [3.05, 3.63) is 127 Å². The first-order valence-electron chi connectivity index (χ1n) is 42.8. The summed E-state index contributed by atoms with van der Waals surface area (Å²) in [6.45, 7) is 62.5. The van der Waals surface area contributed by atoms with E-state index in [0.717, 1.165) is 60.6 Å². The average molecular weight is 2030 g/mol. The topological polar surface area (TPSA) is 230 Å². The number of benzene rings is 4. The molecule has 24 nitrogen and oxygen atoms in total. The molecular formula is C94H166BrIKN4O20Si2V-. The van der Waals surface area contributed by atoms with Gasteiger partial charge in [-0.15, -0.1) is 0 Å². The number of nitrogens with one attached hydrogen (secondary N) is 1. The summed E-state index contributed by atoms with van der Waals surface area (Å²) in [5.74, 6) is 2.30. The molecule has 0 bridgehead atoms. The summed E-state index contributed by atoms with van der Waals surface area (Å²) < 4.78 is 97.6. The Morgan fingerprint density at radius 3 is 1.06 bits per heavy atom. The van der Waals surface area contributed by atoms with Crippen molar-refractivity contribution in [3.63, 3.8) is 0 Å². The average Bonchev–Trinajstić information content (AvgIpc) is 0.799. The van der Waals surface area contributed by atoms with Crippen molar-refractivity contribution >= 4 is 50.5 Å². The van der Waals surface area contributed by atoms with E-state index < -0.39 is 33.9 Å². The van der Waals surface area contributed by atoms with Crippen LogP contribution in [0.5, 0.6) is 23.0 Å². The Labute approximate surface area is 833 Å². The van der Waals surface area contributed by atoms with Gasteiger partial charge in [0.15, 0.2) is 43.8 Å². The van der Waals surface area contributed by atoms with Crippen molar-refractivity contribution in [1.29, 1.82) is 0 Å². The monoisotopic (exact) mass is 2020 g/mol. The Kier molecular flexibility index (Phi) is 71.0. The number of para-hydroxylation sites is 4. The SMILES string of the molecule is CC(C)(C)OC(=O)CBr.CCN(C(C)C)C(C)C.CC[C@@H]([C@H](CO[Si](C)(C)C(C)(C)C)N(CC(=O)OC(C)(C)C)Cc1ccccc1OCOCCOC)N(CC(=O)OC(C)(C)C)Cc1ccccc1OCOCCOC.CC[C@H](NCc1ccccc1OCOCCOC)[C@@H](CCc1ccccc1OCOCCOC)CO[Si](C)(C)C(C)(C)C.[CH3-].[I-].[K+].[V]. The Morgan fingerprint density at radius 2 is 0.758 bits per heavy atom. The maximum absolute atomic E-state index is 13.9. The number of carbonyl (C=O) groups is 3. The predicted octanol–water partition coefficient (Wildman–Crippen LogP) is 13.0. The standard InChI is InChI=1S/C45H76N2O11Si.C34H57NO7Si.C8H19N.C6H11BrO2.CH3.HI.K.V/c1-15-37(46(30-41(48)57-43(2,3)4)28-35-20-16-18-22-39(35)54-33-52-26-24-50-11)38(32-56-59(13,14)45(8,9)10)47(31-42(49)58-44(5,6)7)29-36-21-17-19-23-40(36)55-34-53-27-25-51-12;1-9-31(35-24-29-15-11-13-17-33(29)41-27-39-23-21-37-6)30(25-42-43(7,8)34(2,3)4)19-18-28-14-10-12-16-32(28)40-26-38-22-20-36-5;1-6-9(7(2)3)8(4)5;1-6(2,3)9-5(8)4-7;;;;/h16-23,37-38H,15,24-34H2,1-14H3;10-17,30-31,35H,9,18-27H2,1-8H3;7-8H,6H2,1-5H3;4H2,1-3H3;1H3;1H;;/q;;;;-1;;+1;/p-1/t37-,38-;30-,31-;;;;;;/m00....../s1. The minimum atomic E-state index is -2.34. The van der Waals surface area contributed by atoms with E-state index in [0.29, 0.717) is 108 Å². The molecule has 124 heavy (non-hydrogen) atoms. The van der Waals surface area contributed by atoms with Gasteiger partial charge < -0.3 is 117 Å². The summed E-state index contributed by atoms with van der Waals surface area (Å²) in [7, 11) is 2.31. The molecule has 1 N–H and O–H groups in total. The zero-order valence-corrected chi connectivity index (χ0v) is 92.9. The maximum atomic E-state index is 13.9. The maximum Gasteiger partial charge on any atom is 1.00 e. The van der Waals surface area contributed by atoms with Crippen molar-refractivity contribution in [2.45, 2.75) is 281 Å². The quantitative estimate of drug-likeness (QED) is 0.00633. The van der Waals surface area contributed by atoms with Crippen LogP contribution in [0.2, 0.25) is 36.3 Å². The van der Waals surface area contributed by atoms with Gasteiger partial charge >= 0.3 is 69.3 Å². The number of hydrogen-bond acceptors (Lipinski definition) is 24. The number of rotatable bonds is 54. The molecule has 0 unspecified atom stereocenters. The van der Waals surface area contributed by atoms with Gasteiger partial charge in [0.05, 0.1) is 72.6 Å². The second-order valence-corrected chi connectivity index (χ2v) is 46.4. The molecule has 4 atom stereocenters. The molecule has 0 fully saturated rings. The van der Waals surface area contributed by atoms with Crippen LogP contribution in [-0.2, 0) is 120 Å². The van der Waals surface area contributed by atoms with E-state index in [1.807, 2.05) is 141 Å². The number of alkyl halides is 1. The van der Waals surface area contributed by atoms with E-state index in [-0.39, 0.29) is 199 Å². The summed E-state index contributed by atoms with van der Waals surface area (Å²) in [6, 6.07) is 32.7. The molecule has 0 saturated heterocycles. The fourth-order valence-electron chi connectivity index (χ4n) is 12.1. The van der Waals surface area contributed by atoms with Crippen molar-refractivity contribution in [2.75, 3.05) is 147 Å². The Bertz CT molecular complexity index is 3370. The van der Waals surface area contributed by atoms with Crippen molar-refractivity contribution in [3.8, 4) is 23.0 Å². The van der Waals surface area contributed by atoms with Gasteiger partial charge in [-0.05, 0) is 194 Å². The number of ether oxygens (including phenoxy) is 15. The smallest absolute Gasteiger partial charge is 1.00 e. The van der Waals surface area contributed by atoms with Crippen LogP contribution in [0.1, 0.15) is 194 Å². The van der Waals surface area contributed by atoms with E-state index in [1.165, 1.54) is 5.56 Å². The van der Waals surface area contributed by atoms with Crippen LogP contribution < -0.4 is 99.6 Å². The third kappa shape index (κ3) is 56.6. The number of methoxy groups -OCH3 is 4. The molecular weight excluding hydrogens is 1860 g/mol. The van der Waals surface area contributed by atoms with Gasteiger partial charge in [0.1, 0.15) is 45.1 Å². The van der Waals surface area contributed by atoms with Crippen LogP contribution >= 0.6 is 15.9 Å². The van der Waals surface area contributed by atoms with Gasteiger partial charge in [-0.1, -0.05) is 151 Å². The van der Waals surface area contributed by atoms with Crippen LogP contribution in [0.15, 0.2) is 97.1 Å². The molecule has 4 rings (SSSR count). The summed E-state index contributed by atoms with van der Waals surface area (Å²) in [6.07, 6.45) is 3.45. The second-order valence-electron chi connectivity index (χ2n) is 36.2. The molecule has 30 heteroatoms. The molecule has 1 radical (unpaired) electrons. The Hall–Kier alpha value is -2.21. The first kappa shape index (κ1) is 128. The number of carbonyl (C=O) groups excluding carboxylic acids is 3. The van der Waals surface area contributed by atoms with E-state index >= 15 is 0 Å². The molecule has 0 amide bonds. The molecule has 711 valence electrons. The predicted molar refractivity (Wildman–Crippen MR) is 497 cm³/mol.